The van der Waals surface area contributed by atoms with Crippen LogP contribution in [0.25, 0.3) is 5.57 Å². The van der Waals surface area contributed by atoms with Gasteiger partial charge in [-0.2, -0.15) is 0 Å². The molecule has 2 heterocycles. The SMILES string of the molecule is C=C(c1oc(I)c(C)c1C)C1CCCOCCC1C. The van der Waals surface area contributed by atoms with Crippen LogP contribution in [0.4, 0.5) is 0 Å². The van der Waals surface area contributed by atoms with Crippen molar-refractivity contribution < 1.29 is 9.15 Å². The summed E-state index contributed by atoms with van der Waals surface area (Å²) in [5.41, 5.74) is 3.68. The van der Waals surface area contributed by atoms with Gasteiger partial charge >= 0.3 is 0 Å². The zero-order valence-corrected chi connectivity index (χ0v) is 14.2. The molecule has 2 unspecified atom stereocenters. The highest BCUT2D eigenvalue weighted by Crippen LogP contribution is 2.38. The number of furan rings is 1. The number of ether oxygens (including phenoxy) is 1. The molecular formula is C16H23IO2. The first-order chi connectivity index (χ1) is 9.02. The minimum absolute atomic E-state index is 0.518. The summed E-state index contributed by atoms with van der Waals surface area (Å²) in [5.74, 6) is 2.14. The Hall–Kier alpha value is -0.290. The molecule has 1 aliphatic rings. The number of hydrogen-bond acceptors (Lipinski definition) is 2. The summed E-state index contributed by atoms with van der Waals surface area (Å²) < 4.78 is 12.5. The summed E-state index contributed by atoms with van der Waals surface area (Å²) in [6.07, 6.45) is 3.37. The molecule has 2 rings (SSSR count). The van der Waals surface area contributed by atoms with Crippen molar-refractivity contribution in [3.8, 4) is 0 Å². The highest BCUT2D eigenvalue weighted by Gasteiger charge is 2.26. The third-order valence-corrected chi connectivity index (χ3v) is 5.37. The fraction of sp³-hybridized carbons (Fsp3) is 0.625. The Morgan fingerprint density at radius 1 is 1.21 bits per heavy atom. The second-order valence-electron chi connectivity index (χ2n) is 5.61. The lowest BCUT2D eigenvalue weighted by Crippen LogP contribution is -2.19. The lowest BCUT2D eigenvalue weighted by molar-refractivity contribution is 0.0936. The van der Waals surface area contributed by atoms with Crippen LogP contribution < -0.4 is 0 Å². The standard InChI is InChI=1S/C16H23IO2/c1-10-7-9-18-8-5-6-14(10)13(4)15-11(2)12(3)16(17)19-15/h10,14H,4-9H2,1-3H3. The van der Waals surface area contributed by atoms with Crippen molar-refractivity contribution >= 4 is 28.2 Å². The van der Waals surface area contributed by atoms with Crippen LogP contribution in [0.2, 0.25) is 0 Å². The molecule has 0 radical (unpaired) electrons. The Balaban J connectivity index is 2.23. The third kappa shape index (κ3) is 3.24. The number of halogens is 1. The van der Waals surface area contributed by atoms with E-state index in [9.17, 15) is 0 Å². The molecule has 0 amide bonds. The summed E-state index contributed by atoms with van der Waals surface area (Å²) in [5, 5.41) is 0. The first-order valence-electron chi connectivity index (χ1n) is 7.04. The van der Waals surface area contributed by atoms with E-state index in [1.165, 1.54) is 16.7 Å². The molecule has 1 aromatic rings. The maximum absolute atomic E-state index is 5.94. The molecule has 1 fully saturated rings. The van der Waals surface area contributed by atoms with E-state index >= 15 is 0 Å². The summed E-state index contributed by atoms with van der Waals surface area (Å²) >= 11 is 2.27. The van der Waals surface area contributed by atoms with E-state index in [2.05, 4.69) is 49.9 Å². The molecule has 19 heavy (non-hydrogen) atoms. The lowest BCUT2D eigenvalue weighted by Gasteiger charge is -2.27. The normalized spacial score (nSPS) is 24.8. The van der Waals surface area contributed by atoms with Crippen LogP contribution in [0.3, 0.4) is 0 Å². The zero-order valence-electron chi connectivity index (χ0n) is 12.1. The van der Waals surface area contributed by atoms with Gasteiger partial charge in [0.15, 0.2) is 3.77 Å². The van der Waals surface area contributed by atoms with Crippen LogP contribution in [0.1, 0.15) is 43.1 Å². The summed E-state index contributed by atoms with van der Waals surface area (Å²) in [6, 6.07) is 0. The predicted molar refractivity (Wildman–Crippen MR) is 87.3 cm³/mol. The van der Waals surface area contributed by atoms with Crippen LogP contribution in [-0.2, 0) is 4.74 Å². The Kier molecular flexibility index (Phi) is 5.12. The number of rotatable bonds is 2. The van der Waals surface area contributed by atoms with Crippen LogP contribution in [0.15, 0.2) is 11.0 Å². The Bertz CT molecular complexity index is 462. The lowest BCUT2D eigenvalue weighted by atomic mass is 9.80. The van der Waals surface area contributed by atoms with Crippen LogP contribution >= 0.6 is 22.6 Å². The van der Waals surface area contributed by atoms with E-state index in [1.807, 2.05) is 0 Å². The van der Waals surface area contributed by atoms with Gasteiger partial charge in [-0.3, -0.25) is 0 Å². The smallest absolute Gasteiger partial charge is 0.167 e. The minimum atomic E-state index is 0.518. The first kappa shape index (κ1) is 15.1. The first-order valence-corrected chi connectivity index (χ1v) is 8.12. The molecule has 0 aromatic carbocycles. The molecule has 0 N–H and O–H groups in total. The zero-order chi connectivity index (χ0) is 14.0. The third-order valence-electron chi connectivity index (χ3n) is 4.34. The summed E-state index contributed by atoms with van der Waals surface area (Å²) in [7, 11) is 0. The van der Waals surface area contributed by atoms with Crippen LogP contribution in [0.5, 0.6) is 0 Å². The van der Waals surface area contributed by atoms with Gasteiger partial charge in [-0.1, -0.05) is 13.5 Å². The molecule has 0 aliphatic carbocycles. The maximum Gasteiger partial charge on any atom is 0.167 e. The molecule has 1 aromatic heterocycles. The molecule has 1 aliphatic heterocycles. The molecule has 106 valence electrons. The number of hydrogen-bond donors (Lipinski definition) is 0. The maximum atomic E-state index is 5.94. The second kappa shape index (κ2) is 6.44. The van der Waals surface area contributed by atoms with E-state index < -0.39 is 0 Å². The Labute approximate surface area is 129 Å². The highest BCUT2D eigenvalue weighted by molar-refractivity contribution is 14.1. The second-order valence-corrected chi connectivity index (χ2v) is 6.59. The highest BCUT2D eigenvalue weighted by atomic mass is 127. The van der Waals surface area contributed by atoms with Crippen molar-refractivity contribution in [3.05, 3.63) is 27.2 Å². The van der Waals surface area contributed by atoms with Crippen molar-refractivity contribution in [2.45, 2.75) is 40.0 Å². The minimum Gasteiger partial charge on any atom is -0.450 e. The van der Waals surface area contributed by atoms with E-state index in [1.54, 1.807) is 0 Å². The average Bonchev–Trinajstić information content (AvgIpc) is 2.61. The summed E-state index contributed by atoms with van der Waals surface area (Å²) in [4.78, 5) is 0. The largest absolute Gasteiger partial charge is 0.450 e. The van der Waals surface area contributed by atoms with Gasteiger partial charge in [0, 0.05) is 18.8 Å². The van der Waals surface area contributed by atoms with Gasteiger partial charge in [-0.05, 0) is 78.7 Å². The van der Waals surface area contributed by atoms with E-state index in [0.717, 1.165) is 42.0 Å². The van der Waals surface area contributed by atoms with Gasteiger partial charge in [0.2, 0.25) is 0 Å². The van der Waals surface area contributed by atoms with Crippen LogP contribution in [0, 0.1) is 29.5 Å². The average molecular weight is 374 g/mol. The molecule has 0 spiro atoms. The van der Waals surface area contributed by atoms with Crippen molar-refractivity contribution in [2.24, 2.45) is 11.8 Å². The molecular weight excluding hydrogens is 351 g/mol. The van der Waals surface area contributed by atoms with E-state index in [4.69, 9.17) is 9.15 Å². The van der Waals surface area contributed by atoms with Gasteiger partial charge in [0.05, 0.1) is 0 Å². The molecule has 2 nitrogen and oxygen atoms in total. The predicted octanol–water partition coefficient (Wildman–Crippen LogP) is 4.97. The van der Waals surface area contributed by atoms with Gasteiger partial charge in [-0.25, -0.2) is 0 Å². The topological polar surface area (TPSA) is 22.4 Å². The quantitative estimate of drug-likeness (QED) is 0.683. The molecule has 1 saturated heterocycles. The Morgan fingerprint density at radius 3 is 2.58 bits per heavy atom. The summed E-state index contributed by atoms with van der Waals surface area (Å²) in [6.45, 7) is 12.7. The molecule has 0 bridgehead atoms. The van der Waals surface area contributed by atoms with Gasteiger partial charge < -0.3 is 9.15 Å². The molecule has 2 atom stereocenters. The number of allylic oxidation sites excluding steroid dienone is 1. The fourth-order valence-electron chi connectivity index (χ4n) is 2.82. The van der Waals surface area contributed by atoms with Gasteiger partial charge in [-0.15, -0.1) is 0 Å². The van der Waals surface area contributed by atoms with E-state index in [-0.39, 0.29) is 0 Å². The van der Waals surface area contributed by atoms with Crippen molar-refractivity contribution in [3.63, 3.8) is 0 Å². The van der Waals surface area contributed by atoms with Crippen molar-refractivity contribution in [2.75, 3.05) is 13.2 Å². The van der Waals surface area contributed by atoms with Gasteiger partial charge in [0.1, 0.15) is 5.76 Å². The fourth-order valence-corrected chi connectivity index (χ4v) is 3.44. The van der Waals surface area contributed by atoms with E-state index in [0.29, 0.717) is 11.8 Å². The van der Waals surface area contributed by atoms with Crippen molar-refractivity contribution in [1.82, 2.24) is 0 Å². The monoisotopic (exact) mass is 374 g/mol. The molecule has 3 heteroatoms. The van der Waals surface area contributed by atoms with Crippen molar-refractivity contribution in [1.29, 1.82) is 0 Å². The van der Waals surface area contributed by atoms with Crippen LogP contribution in [-0.4, -0.2) is 13.2 Å². The van der Waals surface area contributed by atoms with Gasteiger partial charge in [0.25, 0.3) is 0 Å². The molecule has 0 saturated carbocycles. The Morgan fingerprint density at radius 2 is 1.95 bits per heavy atom.